The number of nitrogens with one attached hydrogen (secondary N) is 2. The molecule has 1 amide bonds. The van der Waals surface area contributed by atoms with Crippen LogP contribution in [0.1, 0.15) is 21.5 Å². The molecule has 2 heterocycles. The number of hydrogen-bond donors (Lipinski definition) is 3. The summed E-state index contributed by atoms with van der Waals surface area (Å²) in [5.74, 6) is -0.107. The second-order valence-electron chi connectivity index (χ2n) is 3.69. The van der Waals surface area contributed by atoms with Gasteiger partial charge >= 0.3 is 0 Å². The van der Waals surface area contributed by atoms with Gasteiger partial charge in [0.05, 0.1) is 17.2 Å². The van der Waals surface area contributed by atoms with Crippen LogP contribution < -0.4 is 16.4 Å². The molecule has 2 aromatic heterocycles. The van der Waals surface area contributed by atoms with E-state index in [0.29, 0.717) is 17.1 Å². The Balaban J connectivity index is 2.02. The third kappa shape index (κ3) is 3.02. The predicted octanol–water partition coefficient (Wildman–Crippen LogP) is 2.75. The van der Waals surface area contributed by atoms with Crippen molar-refractivity contribution in [1.82, 2.24) is 5.32 Å². The number of thiophene rings is 2. The predicted molar refractivity (Wildman–Crippen MR) is 78.4 cm³/mol. The van der Waals surface area contributed by atoms with Gasteiger partial charge in [-0.1, -0.05) is 6.07 Å². The molecular weight excluding hydrogens is 266 g/mol. The first kappa shape index (κ1) is 12.9. The van der Waals surface area contributed by atoms with E-state index < -0.39 is 0 Å². The molecule has 0 radical (unpaired) electrons. The molecule has 0 unspecified atom stereocenters. The molecule has 4 N–H and O–H groups in total. The molecule has 0 bridgehead atoms. The summed E-state index contributed by atoms with van der Waals surface area (Å²) in [4.78, 5) is 13.5. The maximum absolute atomic E-state index is 11.7. The Bertz CT molecular complexity index is 519. The lowest BCUT2D eigenvalue weighted by atomic mass is 10.3. The van der Waals surface area contributed by atoms with Crippen molar-refractivity contribution in [3.8, 4) is 0 Å². The van der Waals surface area contributed by atoms with Crippen molar-refractivity contribution in [3.63, 3.8) is 0 Å². The maximum atomic E-state index is 11.7. The average Bonchev–Trinajstić information content (AvgIpc) is 2.96. The van der Waals surface area contributed by atoms with Gasteiger partial charge in [0.2, 0.25) is 0 Å². The summed E-state index contributed by atoms with van der Waals surface area (Å²) in [5, 5.41) is 8.99. The Kier molecular flexibility index (Phi) is 4.22. The molecule has 4 nitrogen and oxygen atoms in total. The monoisotopic (exact) mass is 281 g/mol. The molecule has 96 valence electrons. The molecule has 0 atom stereocenters. The standard InChI is InChI=1S/C12H15N3OS2/c1-2-14-12(16)11-9(13)6-10(18-11)15-7-8-4-3-5-17-8/h3-6,15H,2,7,13H2,1H3,(H,14,16). The van der Waals surface area contributed by atoms with Crippen LogP contribution in [-0.2, 0) is 6.54 Å². The van der Waals surface area contributed by atoms with E-state index in [1.165, 1.54) is 16.2 Å². The Morgan fingerprint density at radius 2 is 2.33 bits per heavy atom. The van der Waals surface area contributed by atoms with Crippen molar-refractivity contribution in [2.24, 2.45) is 0 Å². The summed E-state index contributed by atoms with van der Waals surface area (Å²) in [7, 11) is 0. The summed E-state index contributed by atoms with van der Waals surface area (Å²) >= 11 is 3.09. The van der Waals surface area contributed by atoms with Crippen LogP contribution >= 0.6 is 22.7 Å². The van der Waals surface area contributed by atoms with E-state index in [2.05, 4.69) is 16.7 Å². The van der Waals surface area contributed by atoms with E-state index in [-0.39, 0.29) is 5.91 Å². The van der Waals surface area contributed by atoms with Crippen LogP contribution in [0.2, 0.25) is 0 Å². The smallest absolute Gasteiger partial charge is 0.263 e. The lowest BCUT2D eigenvalue weighted by molar-refractivity contribution is 0.0960. The minimum atomic E-state index is -0.107. The summed E-state index contributed by atoms with van der Waals surface area (Å²) in [6.07, 6.45) is 0. The Morgan fingerprint density at radius 1 is 1.50 bits per heavy atom. The molecule has 0 saturated heterocycles. The number of carbonyl (C=O) groups is 1. The SMILES string of the molecule is CCNC(=O)c1sc(NCc2cccs2)cc1N. The van der Waals surface area contributed by atoms with Gasteiger partial charge in [-0.15, -0.1) is 22.7 Å². The van der Waals surface area contributed by atoms with Crippen LogP contribution in [0.25, 0.3) is 0 Å². The third-order valence-corrected chi connectivity index (χ3v) is 4.31. The average molecular weight is 281 g/mol. The molecule has 0 aliphatic heterocycles. The van der Waals surface area contributed by atoms with Crippen LogP contribution in [0, 0.1) is 0 Å². The van der Waals surface area contributed by atoms with E-state index in [9.17, 15) is 4.79 Å². The quantitative estimate of drug-likeness (QED) is 0.789. The molecule has 0 spiro atoms. The Morgan fingerprint density at radius 3 is 3.00 bits per heavy atom. The fourth-order valence-electron chi connectivity index (χ4n) is 1.50. The lowest BCUT2D eigenvalue weighted by Gasteiger charge is -2.00. The molecule has 2 rings (SSSR count). The fourth-order valence-corrected chi connectivity index (χ4v) is 3.03. The highest BCUT2D eigenvalue weighted by Gasteiger charge is 2.13. The van der Waals surface area contributed by atoms with Crippen LogP contribution in [0.5, 0.6) is 0 Å². The van der Waals surface area contributed by atoms with Crippen molar-refractivity contribution >= 4 is 39.3 Å². The zero-order valence-corrected chi connectivity index (χ0v) is 11.7. The maximum Gasteiger partial charge on any atom is 0.263 e. The van der Waals surface area contributed by atoms with Gasteiger partial charge < -0.3 is 16.4 Å². The van der Waals surface area contributed by atoms with Gasteiger partial charge in [0, 0.05) is 11.4 Å². The van der Waals surface area contributed by atoms with Gasteiger partial charge in [0.25, 0.3) is 5.91 Å². The third-order valence-electron chi connectivity index (χ3n) is 2.32. The molecule has 0 fully saturated rings. The molecule has 0 aromatic carbocycles. The highest BCUT2D eigenvalue weighted by molar-refractivity contribution is 7.18. The lowest BCUT2D eigenvalue weighted by Crippen LogP contribution is -2.22. The number of carbonyl (C=O) groups excluding carboxylic acids is 1. The first-order valence-corrected chi connectivity index (χ1v) is 7.34. The molecule has 2 aromatic rings. The van der Waals surface area contributed by atoms with Crippen LogP contribution in [-0.4, -0.2) is 12.5 Å². The van der Waals surface area contributed by atoms with E-state index in [1.807, 2.05) is 24.4 Å². The highest BCUT2D eigenvalue weighted by Crippen LogP contribution is 2.29. The highest BCUT2D eigenvalue weighted by atomic mass is 32.1. The Hall–Kier alpha value is -1.53. The number of rotatable bonds is 5. The van der Waals surface area contributed by atoms with Crippen LogP contribution in [0.3, 0.4) is 0 Å². The number of nitrogen functional groups attached to an aromatic ring is 1. The first-order valence-electron chi connectivity index (χ1n) is 5.64. The second-order valence-corrected chi connectivity index (χ2v) is 5.77. The molecule has 0 aliphatic rings. The number of hydrogen-bond acceptors (Lipinski definition) is 5. The molecule has 0 saturated carbocycles. The summed E-state index contributed by atoms with van der Waals surface area (Å²) in [6, 6.07) is 5.90. The number of nitrogens with two attached hydrogens (primary N) is 1. The van der Waals surface area contributed by atoms with Crippen LogP contribution in [0.4, 0.5) is 10.7 Å². The van der Waals surface area contributed by atoms with Crippen molar-refractivity contribution in [2.75, 3.05) is 17.6 Å². The minimum absolute atomic E-state index is 0.107. The Labute approximate surface area is 114 Å². The fraction of sp³-hybridized carbons (Fsp3) is 0.250. The van der Waals surface area contributed by atoms with Crippen molar-refractivity contribution < 1.29 is 4.79 Å². The summed E-state index contributed by atoms with van der Waals surface area (Å²) < 4.78 is 0. The van der Waals surface area contributed by atoms with Gasteiger partial charge in [-0.3, -0.25) is 4.79 Å². The van der Waals surface area contributed by atoms with E-state index in [1.54, 1.807) is 11.3 Å². The zero-order valence-electron chi connectivity index (χ0n) is 10.0. The van der Waals surface area contributed by atoms with Gasteiger partial charge in [-0.2, -0.15) is 0 Å². The van der Waals surface area contributed by atoms with Crippen molar-refractivity contribution in [2.45, 2.75) is 13.5 Å². The van der Waals surface area contributed by atoms with E-state index in [4.69, 9.17) is 5.73 Å². The van der Waals surface area contributed by atoms with Crippen molar-refractivity contribution in [1.29, 1.82) is 0 Å². The summed E-state index contributed by atoms with van der Waals surface area (Å²) in [6.45, 7) is 3.25. The normalized spacial score (nSPS) is 10.3. The van der Waals surface area contributed by atoms with E-state index in [0.717, 1.165) is 11.5 Å². The van der Waals surface area contributed by atoms with Gasteiger partial charge in [0.15, 0.2) is 0 Å². The summed E-state index contributed by atoms with van der Waals surface area (Å²) in [5.41, 5.74) is 6.36. The zero-order chi connectivity index (χ0) is 13.0. The van der Waals surface area contributed by atoms with Gasteiger partial charge in [-0.25, -0.2) is 0 Å². The van der Waals surface area contributed by atoms with Crippen molar-refractivity contribution in [3.05, 3.63) is 33.3 Å². The van der Waals surface area contributed by atoms with E-state index >= 15 is 0 Å². The van der Waals surface area contributed by atoms with Gasteiger partial charge in [-0.05, 0) is 24.4 Å². The largest absolute Gasteiger partial charge is 0.397 e. The second kappa shape index (κ2) is 5.88. The first-order chi connectivity index (χ1) is 8.70. The van der Waals surface area contributed by atoms with Crippen LogP contribution in [0.15, 0.2) is 23.6 Å². The number of amides is 1. The minimum Gasteiger partial charge on any atom is -0.397 e. The van der Waals surface area contributed by atoms with Gasteiger partial charge in [0.1, 0.15) is 4.88 Å². The molecule has 0 aliphatic carbocycles. The topological polar surface area (TPSA) is 67.2 Å². The number of anilines is 2. The molecule has 6 heteroatoms. The molecular formula is C12H15N3OS2. The molecule has 18 heavy (non-hydrogen) atoms.